The van der Waals surface area contributed by atoms with Gasteiger partial charge < -0.3 is 18.9 Å². The number of piperazine rings is 1. The molecule has 0 bridgehead atoms. The Hall–Kier alpha value is -4.15. The molecule has 2 amide bonds. The second-order valence-electron chi connectivity index (χ2n) is 11.2. The molecular weight excluding hydrogens is 651 g/mol. The molecule has 238 valence electrons. The van der Waals surface area contributed by atoms with E-state index in [-0.39, 0.29) is 53.0 Å². The Labute approximate surface area is 276 Å². The number of benzene rings is 2. The van der Waals surface area contributed by atoms with E-state index in [1.807, 2.05) is 35.9 Å². The molecule has 1 unspecified atom stereocenters. The molecule has 2 aliphatic heterocycles. The fourth-order valence-electron chi connectivity index (χ4n) is 5.89. The molecule has 0 saturated carbocycles. The van der Waals surface area contributed by atoms with E-state index in [1.165, 1.54) is 16.4 Å². The molecule has 2 aliphatic rings. The Bertz CT molecular complexity index is 1970. The summed E-state index contributed by atoms with van der Waals surface area (Å²) in [6, 6.07) is 13.9. The van der Waals surface area contributed by atoms with Crippen LogP contribution >= 0.6 is 23.2 Å². The van der Waals surface area contributed by atoms with Crippen molar-refractivity contribution >= 4 is 50.7 Å². The van der Waals surface area contributed by atoms with Gasteiger partial charge in [-0.15, -0.1) is 0 Å². The third-order valence-corrected chi connectivity index (χ3v) is 11.2. The average Bonchev–Trinajstić information content (AvgIpc) is 3.71. The van der Waals surface area contributed by atoms with Crippen molar-refractivity contribution in [3.05, 3.63) is 93.4 Å². The summed E-state index contributed by atoms with van der Waals surface area (Å²) in [5.74, 6) is -0.00132. The van der Waals surface area contributed by atoms with Crippen molar-refractivity contribution in [3.63, 3.8) is 0 Å². The summed E-state index contributed by atoms with van der Waals surface area (Å²) >= 11 is 13.2. The van der Waals surface area contributed by atoms with Gasteiger partial charge in [-0.05, 0) is 68.3 Å². The monoisotopic (exact) mass is 680 g/mol. The van der Waals surface area contributed by atoms with E-state index in [0.29, 0.717) is 54.0 Å². The highest BCUT2D eigenvalue weighted by molar-refractivity contribution is 7.89. The number of nitriles is 1. The number of amides is 2. The van der Waals surface area contributed by atoms with Crippen molar-refractivity contribution in [3.8, 4) is 11.8 Å². The molecule has 4 aromatic rings. The van der Waals surface area contributed by atoms with Gasteiger partial charge in [0.15, 0.2) is 11.4 Å². The molecule has 11 nitrogen and oxygen atoms in total. The quantitative estimate of drug-likeness (QED) is 0.280. The number of fused-ring (bicyclic) bond motifs is 1. The Morgan fingerprint density at radius 1 is 1.02 bits per heavy atom. The van der Waals surface area contributed by atoms with E-state index >= 15 is 0 Å². The molecular formula is C32H30Cl2N6O5S. The number of nitrogens with zero attached hydrogens (tertiary/aromatic N) is 6. The lowest BCUT2D eigenvalue weighted by Gasteiger charge is -2.37. The number of aryl methyl sites for hydroxylation is 1. The van der Waals surface area contributed by atoms with Crippen LogP contribution in [-0.2, 0) is 21.4 Å². The van der Waals surface area contributed by atoms with Gasteiger partial charge in [-0.1, -0.05) is 23.2 Å². The van der Waals surface area contributed by atoms with Crippen LogP contribution in [0, 0.1) is 18.3 Å². The van der Waals surface area contributed by atoms with E-state index < -0.39 is 16.1 Å². The molecule has 0 N–H and O–H groups in total. The number of carbonyl (C=O) groups excluding carboxylic acids is 2. The lowest BCUT2D eigenvalue weighted by molar-refractivity contribution is -0.136. The predicted molar refractivity (Wildman–Crippen MR) is 171 cm³/mol. The first-order valence-corrected chi connectivity index (χ1v) is 16.9. The number of hydrogen-bond donors (Lipinski definition) is 0. The summed E-state index contributed by atoms with van der Waals surface area (Å²) in [5, 5.41) is 9.19. The van der Waals surface area contributed by atoms with E-state index in [4.69, 9.17) is 33.2 Å². The first kappa shape index (κ1) is 31.8. The lowest BCUT2D eigenvalue weighted by Crippen LogP contribution is -2.55. The highest BCUT2D eigenvalue weighted by Crippen LogP contribution is 2.36. The van der Waals surface area contributed by atoms with E-state index in [9.17, 15) is 18.0 Å². The van der Waals surface area contributed by atoms with Crippen LogP contribution in [0.5, 0.6) is 5.75 Å². The van der Waals surface area contributed by atoms with Crippen LogP contribution in [0.2, 0.25) is 10.0 Å². The van der Waals surface area contributed by atoms with Gasteiger partial charge in [-0.2, -0.15) is 9.57 Å². The maximum atomic E-state index is 14.0. The Balaban J connectivity index is 1.15. The molecule has 2 fully saturated rings. The van der Waals surface area contributed by atoms with Gasteiger partial charge in [0.25, 0.3) is 5.91 Å². The molecule has 0 aliphatic carbocycles. The molecule has 4 heterocycles. The first-order chi connectivity index (χ1) is 22.1. The molecule has 1 atom stereocenters. The summed E-state index contributed by atoms with van der Waals surface area (Å²) in [5.41, 5.74) is 2.65. The molecule has 14 heteroatoms. The number of imidazole rings is 1. The zero-order valence-corrected chi connectivity index (χ0v) is 27.2. The summed E-state index contributed by atoms with van der Waals surface area (Å²) < 4.78 is 37.1. The van der Waals surface area contributed by atoms with Crippen LogP contribution in [0.3, 0.4) is 0 Å². The van der Waals surface area contributed by atoms with Gasteiger partial charge >= 0.3 is 0 Å². The maximum absolute atomic E-state index is 14.0. The minimum Gasteiger partial charge on any atom is -0.485 e. The van der Waals surface area contributed by atoms with Gasteiger partial charge in [0.2, 0.25) is 15.9 Å². The minimum atomic E-state index is -4.19. The van der Waals surface area contributed by atoms with E-state index in [1.54, 1.807) is 40.1 Å². The Morgan fingerprint density at radius 3 is 2.46 bits per heavy atom. The predicted octanol–water partition coefficient (Wildman–Crippen LogP) is 4.54. The third kappa shape index (κ3) is 6.03. The largest absolute Gasteiger partial charge is 0.485 e. The highest BCUT2D eigenvalue weighted by Gasteiger charge is 2.43. The third-order valence-electron chi connectivity index (χ3n) is 8.30. The Kier molecular flexibility index (Phi) is 8.94. The molecule has 0 radical (unpaired) electrons. The molecule has 2 saturated heterocycles. The standard InChI is InChI=1S/C32H30Cl2N6O5S/c1-21-19-39-12-3-5-27(30(39)36-21)45-20-24-25(33)10-11-28(29(24)34)46(43,44)40-13-2-4-26(40)32(42)38-16-14-37(15-17-38)31(41)23-8-6-22(18-35)7-9-23/h3,5-12,19,26H,2,4,13-17,20H2,1H3. The van der Waals surface area contributed by atoms with Crippen molar-refractivity contribution in [2.24, 2.45) is 0 Å². The summed E-state index contributed by atoms with van der Waals surface area (Å²) in [4.78, 5) is 34.2. The number of ether oxygens (including phenoxy) is 1. The molecule has 46 heavy (non-hydrogen) atoms. The number of halogens is 2. The second-order valence-corrected chi connectivity index (χ2v) is 13.8. The van der Waals surface area contributed by atoms with Crippen LogP contribution in [0.25, 0.3) is 5.65 Å². The molecule has 2 aromatic heterocycles. The van der Waals surface area contributed by atoms with Gasteiger partial charge in [0.1, 0.15) is 17.5 Å². The number of rotatable bonds is 7. The van der Waals surface area contributed by atoms with Crippen LogP contribution in [-0.4, -0.2) is 82.5 Å². The highest BCUT2D eigenvalue weighted by atomic mass is 35.5. The van der Waals surface area contributed by atoms with Crippen molar-refractivity contribution in [2.45, 2.75) is 37.3 Å². The number of aromatic nitrogens is 2. The van der Waals surface area contributed by atoms with Crippen LogP contribution in [0.15, 0.2) is 65.8 Å². The molecule has 2 aromatic carbocycles. The smallest absolute Gasteiger partial charge is 0.253 e. The first-order valence-electron chi connectivity index (χ1n) is 14.7. The maximum Gasteiger partial charge on any atom is 0.253 e. The van der Waals surface area contributed by atoms with Gasteiger partial charge in [0.05, 0.1) is 22.3 Å². The fourth-order valence-corrected chi connectivity index (χ4v) is 8.41. The summed E-state index contributed by atoms with van der Waals surface area (Å²) in [7, 11) is -4.19. The van der Waals surface area contributed by atoms with Gasteiger partial charge in [0, 0.05) is 61.3 Å². The topological polar surface area (TPSA) is 128 Å². The number of pyridine rings is 1. The number of sulfonamides is 1. The Morgan fingerprint density at radius 2 is 1.74 bits per heavy atom. The lowest BCUT2D eigenvalue weighted by atomic mass is 10.1. The second kappa shape index (κ2) is 12.9. The van der Waals surface area contributed by atoms with Crippen molar-refractivity contribution < 1.29 is 22.7 Å². The zero-order chi connectivity index (χ0) is 32.6. The van der Waals surface area contributed by atoms with Gasteiger partial charge in [-0.3, -0.25) is 9.59 Å². The van der Waals surface area contributed by atoms with Crippen molar-refractivity contribution in [2.75, 3.05) is 32.7 Å². The van der Waals surface area contributed by atoms with Crippen LogP contribution < -0.4 is 4.74 Å². The minimum absolute atomic E-state index is 0.0630. The molecule has 0 spiro atoms. The fraction of sp³-hybridized carbons (Fsp3) is 0.312. The van der Waals surface area contributed by atoms with Gasteiger partial charge in [-0.25, -0.2) is 13.4 Å². The summed E-state index contributed by atoms with van der Waals surface area (Å²) in [6.45, 7) is 3.11. The van der Waals surface area contributed by atoms with Crippen LogP contribution in [0.1, 0.15) is 40.0 Å². The molecule has 6 rings (SSSR count). The van der Waals surface area contributed by atoms with Crippen molar-refractivity contribution in [1.82, 2.24) is 23.5 Å². The van der Waals surface area contributed by atoms with E-state index in [0.717, 1.165) is 5.69 Å². The number of hydrogen-bond acceptors (Lipinski definition) is 7. The summed E-state index contributed by atoms with van der Waals surface area (Å²) in [6.07, 6.45) is 4.60. The average molecular weight is 682 g/mol. The zero-order valence-electron chi connectivity index (χ0n) is 24.9. The van der Waals surface area contributed by atoms with E-state index in [2.05, 4.69) is 4.98 Å². The number of carbonyl (C=O) groups is 2. The van der Waals surface area contributed by atoms with Crippen LogP contribution in [0.4, 0.5) is 0 Å². The SMILES string of the molecule is Cc1cn2cccc(OCc3c(Cl)ccc(S(=O)(=O)N4CCCC4C(=O)N4CCN(C(=O)c5ccc(C#N)cc5)CC4)c3Cl)c2n1. The van der Waals surface area contributed by atoms with Crippen molar-refractivity contribution in [1.29, 1.82) is 5.26 Å². The normalized spacial score (nSPS) is 17.3.